The monoisotopic (exact) mass is 317 g/mol. The van der Waals surface area contributed by atoms with Gasteiger partial charge in [0.05, 0.1) is 22.8 Å². The van der Waals surface area contributed by atoms with Crippen LogP contribution in [0.4, 0.5) is 4.79 Å². The molecule has 0 saturated heterocycles. The third-order valence-electron chi connectivity index (χ3n) is 3.57. The molecule has 4 nitrogen and oxygen atoms in total. The van der Waals surface area contributed by atoms with Crippen LogP contribution in [0.15, 0.2) is 24.3 Å². The van der Waals surface area contributed by atoms with Gasteiger partial charge in [-0.3, -0.25) is 0 Å². The first-order valence-corrected chi connectivity index (χ1v) is 8.15. The summed E-state index contributed by atoms with van der Waals surface area (Å²) in [4.78, 5) is 17.6. The molecule has 2 amide bonds. The van der Waals surface area contributed by atoms with Crippen LogP contribution < -0.4 is 10.6 Å². The SMILES string of the molecule is Cc1cccc(C(C)(C)NC(=O)NCc2sc(C)nc2C)c1. The highest BCUT2D eigenvalue weighted by Crippen LogP contribution is 2.21. The number of urea groups is 1. The molecule has 0 saturated carbocycles. The molecular formula is C17H23N3OS. The van der Waals surface area contributed by atoms with E-state index in [1.165, 1.54) is 5.56 Å². The predicted octanol–water partition coefficient (Wildman–Crippen LogP) is 3.80. The highest BCUT2D eigenvalue weighted by Gasteiger charge is 2.22. The Morgan fingerprint density at radius 1 is 1.27 bits per heavy atom. The maximum absolute atomic E-state index is 12.2. The minimum atomic E-state index is -0.422. The van der Waals surface area contributed by atoms with E-state index in [1.54, 1.807) is 11.3 Å². The number of carbonyl (C=O) groups excluding carboxylic acids is 1. The van der Waals surface area contributed by atoms with Crippen molar-refractivity contribution < 1.29 is 4.79 Å². The summed E-state index contributed by atoms with van der Waals surface area (Å²) in [7, 11) is 0. The lowest BCUT2D eigenvalue weighted by atomic mass is 9.93. The van der Waals surface area contributed by atoms with Gasteiger partial charge in [0.15, 0.2) is 0 Å². The van der Waals surface area contributed by atoms with Gasteiger partial charge in [-0.2, -0.15) is 0 Å². The summed E-state index contributed by atoms with van der Waals surface area (Å²) >= 11 is 1.62. The fourth-order valence-corrected chi connectivity index (χ4v) is 3.21. The van der Waals surface area contributed by atoms with Gasteiger partial charge in [0.25, 0.3) is 0 Å². The van der Waals surface area contributed by atoms with Crippen molar-refractivity contribution in [2.24, 2.45) is 0 Å². The smallest absolute Gasteiger partial charge is 0.315 e. The second kappa shape index (κ2) is 6.48. The van der Waals surface area contributed by atoms with Gasteiger partial charge in [-0.15, -0.1) is 11.3 Å². The van der Waals surface area contributed by atoms with Gasteiger partial charge in [-0.25, -0.2) is 9.78 Å². The van der Waals surface area contributed by atoms with E-state index in [0.29, 0.717) is 6.54 Å². The molecule has 0 aliphatic rings. The second-order valence-corrected chi connectivity index (χ2v) is 7.33. The van der Waals surface area contributed by atoms with Crippen LogP contribution in [0.1, 0.15) is 40.6 Å². The summed E-state index contributed by atoms with van der Waals surface area (Å²) in [6.45, 7) is 10.5. The van der Waals surface area contributed by atoms with Crippen molar-refractivity contribution in [2.75, 3.05) is 0 Å². The highest BCUT2D eigenvalue weighted by molar-refractivity contribution is 7.11. The molecule has 5 heteroatoms. The van der Waals surface area contributed by atoms with Crippen LogP contribution in [0.5, 0.6) is 0 Å². The lowest BCUT2D eigenvalue weighted by Crippen LogP contribution is -2.46. The number of carbonyl (C=O) groups is 1. The van der Waals surface area contributed by atoms with Crippen molar-refractivity contribution in [1.29, 1.82) is 0 Å². The van der Waals surface area contributed by atoms with E-state index in [9.17, 15) is 4.79 Å². The van der Waals surface area contributed by atoms with Gasteiger partial charge in [-0.1, -0.05) is 29.8 Å². The number of rotatable bonds is 4. The third-order valence-corrected chi connectivity index (χ3v) is 4.65. The van der Waals surface area contributed by atoms with E-state index in [4.69, 9.17) is 0 Å². The number of nitrogens with zero attached hydrogens (tertiary/aromatic N) is 1. The fourth-order valence-electron chi connectivity index (χ4n) is 2.33. The Bertz CT molecular complexity index is 676. The van der Waals surface area contributed by atoms with Gasteiger partial charge in [0.2, 0.25) is 0 Å². The van der Waals surface area contributed by atoms with Gasteiger partial charge >= 0.3 is 6.03 Å². The zero-order chi connectivity index (χ0) is 16.3. The molecule has 0 radical (unpaired) electrons. The Hall–Kier alpha value is -1.88. The summed E-state index contributed by atoms with van der Waals surface area (Å²) in [6, 6.07) is 8.02. The van der Waals surface area contributed by atoms with E-state index in [0.717, 1.165) is 21.1 Å². The van der Waals surface area contributed by atoms with E-state index < -0.39 is 5.54 Å². The van der Waals surface area contributed by atoms with Crippen molar-refractivity contribution in [3.63, 3.8) is 0 Å². The number of thiazole rings is 1. The molecule has 0 bridgehead atoms. The summed E-state index contributed by atoms with van der Waals surface area (Å²) in [5.41, 5.74) is 2.84. The first kappa shape index (κ1) is 16.5. The molecule has 0 aliphatic carbocycles. The van der Waals surface area contributed by atoms with Gasteiger partial charge < -0.3 is 10.6 Å². The van der Waals surface area contributed by atoms with Crippen LogP contribution in [0, 0.1) is 20.8 Å². The third kappa shape index (κ3) is 4.07. The molecule has 0 atom stereocenters. The van der Waals surface area contributed by atoms with Gasteiger partial charge in [0.1, 0.15) is 0 Å². The highest BCUT2D eigenvalue weighted by atomic mass is 32.1. The summed E-state index contributed by atoms with van der Waals surface area (Å²) in [6.07, 6.45) is 0. The van der Waals surface area contributed by atoms with Crippen LogP contribution in [0.2, 0.25) is 0 Å². The molecule has 0 fully saturated rings. The lowest BCUT2D eigenvalue weighted by molar-refractivity contribution is 0.229. The van der Waals surface area contributed by atoms with Crippen molar-refractivity contribution >= 4 is 17.4 Å². The number of hydrogen-bond acceptors (Lipinski definition) is 3. The molecule has 1 aromatic heterocycles. The number of aromatic nitrogens is 1. The van der Waals surface area contributed by atoms with E-state index >= 15 is 0 Å². The topological polar surface area (TPSA) is 54.0 Å². The quantitative estimate of drug-likeness (QED) is 0.901. The molecule has 0 aliphatic heterocycles. The van der Waals surface area contributed by atoms with Crippen molar-refractivity contribution in [1.82, 2.24) is 15.6 Å². The molecule has 2 N–H and O–H groups in total. The van der Waals surface area contributed by atoms with E-state index in [-0.39, 0.29) is 6.03 Å². The van der Waals surface area contributed by atoms with Crippen LogP contribution >= 0.6 is 11.3 Å². The first-order valence-electron chi connectivity index (χ1n) is 7.34. The van der Waals surface area contributed by atoms with E-state index in [2.05, 4.69) is 34.7 Å². The van der Waals surface area contributed by atoms with Crippen molar-refractivity contribution in [3.05, 3.63) is 51.0 Å². The molecule has 1 aromatic carbocycles. The number of hydrogen-bond donors (Lipinski definition) is 2. The molecule has 118 valence electrons. The second-order valence-electron chi connectivity index (χ2n) is 6.04. The van der Waals surface area contributed by atoms with Crippen LogP contribution in [-0.4, -0.2) is 11.0 Å². The van der Waals surface area contributed by atoms with E-state index in [1.807, 2.05) is 39.8 Å². The summed E-state index contributed by atoms with van der Waals surface area (Å²) in [5, 5.41) is 6.97. The fraction of sp³-hybridized carbons (Fsp3) is 0.412. The minimum Gasteiger partial charge on any atom is -0.333 e. The van der Waals surface area contributed by atoms with Crippen molar-refractivity contribution in [3.8, 4) is 0 Å². The van der Waals surface area contributed by atoms with Gasteiger partial charge in [0, 0.05) is 4.88 Å². The van der Waals surface area contributed by atoms with Crippen LogP contribution in [0.25, 0.3) is 0 Å². The number of amides is 2. The Labute approximate surface area is 136 Å². The Balaban J connectivity index is 1.97. The zero-order valence-electron chi connectivity index (χ0n) is 13.8. The zero-order valence-corrected chi connectivity index (χ0v) is 14.6. The summed E-state index contributed by atoms with van der Waals surface area (Å²) in [5.74, 6) is 0. The molecule has 0 spiro atoms. The maximum Gasteiger partial charge on any atom is 0.315 e. The van der Waals surface area contributed by atoms with Crippen LogP contribution in [-0.2, 0) is 12.1 Å². The lowest BCUT2D eigenvalue weighted by Gasteiger charge is -2.27. The average molecular weight is 317 g/mol. The molecule has 22 heavy (non-hydrogen) atoms. The molecular weight excluding hydrogens is 294 g/mol. The summed E-state index contributed by atoms with van der Waals surface area (Å²) < 4.78 is 0. The molecule has 2 aromatic rings. The molecule has 2 rings (SSSR count). The molecule has 0 unspecified atom stereocenters. The Kier molecular flexibility index (Phi) is 4.86. The van der Waals surface area contributed by atoms with Crippen LogP contribution in [0.3, 0.4) is 0 Å². The van der Waals surface area contributed by atoms with Gasteiger partial charge in [-0.05, 0) is 40.2 Å². The molecule has 1 heterocycles. The average Bonchev–Trinajstić information content (AvgIpc) is 2.74. The number of benzene rings is 1. The normalized spacial score (nSPS) is 11.3. The number of nitrogens with one attached hydrogen (secondary N) is 2. The predicted molar refractivity (Wildman–Crippen MR) is 91.2 cm³/mol. The Morgan fingerprint density at radius 2 is 2.00 bits per heavy atom. The number of aryl methyl sites for hydroxylation is 3. The largest absolute Gasteiger partial charge is 0.333 e. The minimum absolute atomic E-state index is 0.169. The maximum atomic E-state index is 12.2. The van der Waals surface area contributed by atoms with Crippen molar-refractivity contribution in [2.45, 2.75) is 46.7 Å². The Morgan fingerprint density at radius 3 is 2.59 bits per heavy atom. The first-order chi connectivity index (χ1) is 10.3. The standard InChI is InChI=1S/C17H23N3OS/c1-11-7-6-8-14(9-11)17(4,5)20-16(21)18-10-15-12(2)19-13(3)22-15/h6-9H,10H2,1-5H3,(H2,18,20,21).